The van der Waals surface area contributed by atoms with Gasteiger partial charge in [-0.3, -0.25) is 9.55 Å². The number of hydrogen-bond donors (Lipinski definition) is 0. The second-order valence-electron chi connectivity index (χ2n) is 14.6. The normalized spacial score (nSPS) is 12.9. The first-order chi connectivity index (χ1) is 28.8. The quantitative estimate of drug-likeness (QED) is 0.152. The lowest BCUT2D eigenvalue weighted by Gasteiger charge is -2.45. The molecule has 274 valence electrons. The highest BCUT2D eigenvalue weighted by molar-refractivity contribution is 7.22. The lowest BCUT2D eigenvalue weighted by atomic mass is 10.1. The molecule has 0 fully saturated rings. The summed E-state index contributed by atoms with van der Waals surface area (Å²) in [6, 6.07) is 73.6. The van der Waals surface area contributed by atoms with E-state index >= 15 is 0 Å². The highest BCUT2D eigenvalue weighted by atomic mass is 28.3. The summed E-state index contributed by atoms with van der Waals surface area (Å²) in [7, 11) is -3.03. The molecule has 11 rings (SSSR count). The summed E-state index contributed by atoms with van der Waals surface area (Å²) in [4.78, 5) is 12.2. The van der Waals surface area contributed by atoms with Gasteiger partial charge in [0.25, 0.3) is 0 Å². The molecule has 6 heteroatoms. The van der Waals surface area contributed by atoms with Crippen LogP contribution in [0.25, 0.3) is 38.9 Å². The maximum atomic E-state index is 6.58. The van der Waals surface area contributed by atoms with Gasteiger partial charge in [0, 0.05) is 51.9 Å². The van der Waals surface area contributed by atoms with Crippen molar-refractivity contribution < 1.29 is 4.74 Å². The number of rotatable bonds is 7. The van der Waals surface area contributed by atoms with Gasteiger partial charge in [0.05, 0.1) is 16.9 Å². The van der Waals surface area contributed by atoms with Crippen molar-refractivity contribution in [2.24, 2.45) is 0 Å². The number of hydrogen-bond acceptors (Lipinski definition) is 4. The minimum Gasteiger partial charge on any atom is -0.457 e. The Kier molecular flexibility index (Phi) is 8.08. The lowest BCUT2D eigenvalue weighted by Crippen LogP contribution is -2.77. The highest BCUT2D eigenvalue weighted by Crippen LogP contribution is 2.43. The Bertz CT molecular complexity index is 3060. The van der Waals surface area contributed by atoms with Crippen molar-refractivity contribution in [2.75, 3.05) is 4.90 Å². The first kappa shape index (κ1) is 33.8. The van der Waals surface area contributed by atoms with E-state index in [2.05, 4.69) is 178 Å². The van der Waals surface area contributed by atoms with E-state index in [0.717, 1.165) is 50.7 Å². The average molecular weight is 761 g/mol. The first-order valence-corrected chi connectivity index (χ1v) is 21.6. The van der Waals surface area contributed by atoms with Crippen molar-refractivity contribution in [3.05, 3.63) is 219 Å². The Morgan fingerprint density at radius 3 is 1.88 bits per heavy atom. The standard InChI is InChI=1S/C52H36N4OSi/c1-4-18-38(19-5-1)55-46-29-10-11-30-49(46)58(42-23-6-2-7-24-42,43-25-8-3-9-26-43)51-48(55)32-31-47-50(51)44-27-16-34-54-52(44)56(47)39-20-15-22-41(36-39)57-40-21-14-17-37(35-40)45-28-12-13-33-53-45/h1-36H. The number of anilines is 3. The molecule has 3 aromatic heterocycles. The van der Waals surface area contributed by atoms with E-state index in [4.69, 9.17) is 9.72 Å². The lowest BCUT2D eigenvalue weighted by molar-refractivity contribution is 0.482. The summed E-state index contributed by atoms with van der Waals surface area (Å²) in [6.07, 6.45) is 3.71. The molecule has 0 saturated carbocycles. The van der Waals surface area contributed by atoms with Crippen molar-refractivity contribution in [2.45, 2.75) is 0 Å². The van der Waals surface area contributed by atoms with Gasteiger partial charge in [0.1, 0.15) is 17.1 Å². The molecule has 1 aliphatic heterocycles. The number of fused-ring (bicyclic) bond motifs is 6. The fraction of sp³-hybridized carbons (Fsp3) is 0. The van der Waals surface area contributed by atoms with Crippen LogP contribution in [0.5, 0.6) is 11.5 Å². The van der Waals surface area contributed by atoms with E-state index in [9.17, 15) is 0 Å². The molecule has 10 aromatic rings. The van der Waals surface area contributed by atoms with Crippen LogP contribution in [-0.4, -0.2) is 22.6 Å². The van der Waals surface area contributed by atoms with E-state index < -0.39 is 8.07 Å². The van der Waals surface area contributed by atoms with E-state index in [1.807, 2.05) is 54.9 Å². The fourth-order valence-corrected chi connectivity index (χ4v) is 14.4. The second kappa shape index (κ2) is 13.9. The molecule has 0 saturated heterocycles. The number of para-hydroxylation sites is 2. The minimum atomic E-state index is -3.03. The molecule has 0 unspecified atom stereocenters. The van der Waals surface area contributed by atoms with Gasteiger partial charge >= 0.3 is 0 Å². The molecule has 0 aliphatic carbocycles. The summed E-state index contributed by atoms with van der Waals surface area (Å²) >= 11 is 0. The highest BCUT2D eigenvalue weighted by Gasteiger charge is 2.50. The minimum absolute atomic E-state index is 0.737. The van der Waals surface area contributed by atoms with E-state index in [1.54, 1.807) is 0 Å². The predicted octanol–water partition coefficient (Wildman–Crippen LogP) is 10.2. The Labute approximate surface area is 337 Å². The zero-order chi connectivity index (χ0) is 38.5. The Morgan fingerprint density at radius 2 is 1.12 bits per heavy atom. The molecule has 58 heavy (non-hydrogen) atoms. The number of aromatic nitrogens is 3. The molecule has 0 amide bonds. The SMILES string of the molecule is c1ccc(N2c3ccccc3[Si](c3ccccc3)(c3ccccc3)c3c2ccc2c3c3cccnc3n2-c2cccc(Oc3cccc(-c4ccccn4)c3)c2)cc1. The largest absolute Gasteiger partial charge is 0.457 e. The molecule has 0 N–H and O–H groups in total. The van der Waals surface area contributed by atoms with Crippen molar-refractivity contribution in [3.63, 3.8) is 0 Å². The Balaban J connectivity index is 1.20. The van der Waals surface area contributed by atoms with Crippen LogP contribution in [0.3, 0.4) is 0 Å². The van der Waals surface area contributed by atoms with Gasteiger partial charge in [0.2, 0.25) is 0 Å². The molecule has 0 bridgehead atoms. The van der Waals surface area contributed by atoms with Crippen LogP contribution >= 0.6 is 0 Å². The molecular formula is C52H36N4OSi. The number of pyridine rings is 2. The maximum Gasteiger partial charge on any atom is 0.184 e. The third kappa shape index (κ3) is 5.30. The van der Waals surface area contributed by atoms with Crippen LogP contribution in [0.2, 0.25) is 0 Å². The van der Waals surface area contributed by atoms with Crippen LogP contribution in [-0.2, 0) is 0 Å². The van der Waals surface area contributed by atoms with Gasteiger partial charge < -0.3 is 9.64 Å². The van der Waals surface area contributed by atoms with Crippen LogP contribution in [0.4, 0.5) is 17.1 Å². The third-order valence-electron chi connectivity index (χ3n) is 11.4. The molecule has 0 radical (unpaired) electrons. The Hall–Kier alpha value is -7.54. The first-order valence-electron chi connectivity index (χ1n) is 19.6. The summed E-state index contributed by atoms with van der Waals surface area (Å²) in [6.45, 7) is 0. The van der Waals surface area contributed by atoms with Gasteiger partial charge in [-0.1, -0.05) is 121 Å². The van der Waals surface area contributed by atoms with Gasteiger partial charge in [0.15, 0.2) is 8.07 Å². The fourth-order valence-electron chi connectivity index (χ4n) is 9.07. The number of nitrogens with zero attached hydrogens (tertiary/aromatic N) is 4. The molecule has 1 aliphatic rings. The molecule has 0 spiro atoms. The van der Waals surface area contributed by atoms with Crippen molar-refractivity contribution in [1.82, 2.24) is 14.5 Å². The Morgan fingerprint density at radius 1 is 0.466 bits per heavy atom. The van der Waals surface area contributed by atoms with Crippen molar-refractivity contribution in [1.29, 1.82) is 0 Å². The maximum absolute atomic E-state index is 6.58. The van der Waals surface area contributed by atoms with E-state index in [-0.39, 0.29) is 0 Å². The van der Waals surface area contributed by atoms with Crippen LogP contribution in [0.15, 0.2) is 219 Å². The second-order valence-corrected chi connectivity index (χ2v) is 18.3. The van der Waals surface area contributed by atoms with Gasteiger partial charge in [-0.2, -0.15) is 0 Å². The molecule has 5 nitrogen and oxygen atoms in total. The zero-order valence-corrected chi connectivity index (χ0v) is 32.5. The van der Waals surface area contributed by atoms with E-state index in [1.165, 1.54) is 37.5 Å². The number of ether oxygens (including phenoxy) is 1. The monoisotopic (exact) mass is 760 g/mol. The van der Waals surface area contributed by atoms with Gasteiger partial charge in [-0.25, -0.2) is 4.98 Å². The van der Waals surface area contributed by atoms with Crippen LogP contribution < -0.4 is 30.4 Å². The van der Waals surface area contributed by atoms with E-state index in [0.29, 0.717) is 0 Å². The van der Waals surface area contributed by atoms with Crippen LogP contribution in [0.1, 0.15) is 0 Å². The predicted molar refractivity (Wildman–Crippen MR) is 240 cm³/mol. The van der Waals surface area contributed by atoms with Gasteiger partial charge in [-0.15, -0.1) is 0 Å². The van der Waals surface area contributed by atoms with Crippen molar-refractivity contribution in [3.8, 4) is 28.4 Å². The molecule has 0 atom stereocenters. The summed E-state index contributed by atoms with van der Waals surface area (Å²) in [5.41, 5.74) is 8.38. The summed E-state index contributed by atoms with van der Waals surface area (Å²) < 4.78 is 8.89. The molecular weight excluding hydrogens is 725 g/mol. The van der Waals surface area contributed by atoms with Crippen LogP contribution in [0, 0.1) is 0 Å². The third-order valence-corrected chi connectivity index (χ3v) is 16.3. The van der Waals surface area contributed by atoms with Gasteiger partial charge in [-0.05, 0) is 99.6 Å². The summed E-state index contributed by atoms with van der Waals surface area (Å²) in [5.74, 6) is 1.48. The number of benzene rings is 7. The van der Waals surface area contributed by atoms with Crippen molar-refractivity contribution >= 4 is 67.8 Å². The molecule has 7 aromatic carbocycles. The topological polar surface area (TPSA) is 43.2 Å². The summed E-state index contributed by atoms with van der Waals surface area (Å²) in [5, 5.41) is 7.70. The zero-order valence-electron chi connectivity index (χ0n) is 31.5. The average Bonchev–Trinajstić information content (AvgIpc) is 3.64. The molecule has 4 heterocycles. The smallest absolute Gasteiger partial charge is 0.184 e.